The molecule has 0 saturated heterocycles. The maximum atomic E-state index is 13.3. The molecule has 0 aromatic carbocycles. The van der Waals surface area contributed by atoms with Crippen molar-refractivity contribution in [2.24, 2.45) is 0 Å². The zero-order valence-corrected chi connectivity index (χ0v) is 17.5. The molecule has 0 bridgehead atoms. The highest BCUT2D eigenvalue weighted by Gasteiger charge is 2.49. The fourth-order valence-corrected chi connectivity index (χ4v) is 5.14. The molecule has 2 fully saturated rings. The van der Waals surface area contributed by atoms with E-state index in [4.69, 9.17) is 0 Å². The second-order valence-corrected chi connectivity index (χ2v) is 10.2. The molecule has 1 aromatic rings. The monoisotopic (exact) mass is 414 g/mol. The van der Waals surface area contributed by atoms with Crippen LogP contribution in [-0.2, 0) is 0 Å². The number of aryl methyl sites for hydroxylation is 1. The lowest BCUT2D eigenvalue weighted by Crippen LogP contribution is -2.46. The van der Waals surface area contributed by atoms with Crippen molar-refractivity contribution in [2.45, 2.75) is 89.3 Å². The van der Waals surface area contributed by atoms with Crippen molar-refractivity contribution in [3.8, 4) is 0 Å². The van der Waals surface area contributed by atoms with E-state index in [9.17, 15) is 23.5 Å². The van der Waals surface area contributed by atoms with Crippen LogP contribution in [-0.4, -0.2) is 45.6 Å². The number of carbonyl (C=O) groups is 2. The quantitative estimate of drug-likeness (QED) is 0.729. The molecule has 2 saturated carbocycles. The first-order chi connectivity index (χ1) is 12.9. The van der Waals surface area contributed by atoms with E-state index in [-0.39, 0.29) is 36.8 Å². The predicted octanol–water partition coefficient (Wildman–Crippen LogP) is 5.00. The molecule has 156 valence electrons. The highest BCUT2D eigenvalue weighted by Crippen LogP contribution is 2.49. The Hall–Kier alpha value is -1.70. The number of hydrogen-bond acceptors (Lipinski definition) is 3. The number of amides is 2. The smallest absolute Gasteiger partial charge is 0.408 e. The van der Waals surface area contributed by atoms with Gasteiger partial charge in [-0.1, -0.05) is 0 Å². The van der Waals surface area contributed by atoms with E-state index in [0.29, 0.717) is 17.7 Å². The third kappa shape index (κ3) is 4.47. The summed E-state index contributed by atoms with van der Waals surface area (Å²) < 4.78 is 26.6. The number of thiophene rings is 1. The average molecular weight is 415 g/mol. The number of rotatable bonds is 4. The topological polar surface area (TPSA) is 69.6 Å². The molecule has 3 rings (SSSR count). The third-order valence-corrected chi connectivity index (χ3v) is 6.71. The van der Waals surface area contributed by atoms with Crippen LogP contribution in [0.1, 0.15) is 78.9 Å². The zero-order valence-electron chi connectivity index (χ0n) is 16.7. The molecule has 8 heteroatoms. The van der Waals surface area contributed by atoms with Gasteiger partial charge in [0.25, 0.3) is 5.91 Å². The van der Waals surface area contributed by atoms with Crippen molar-refractivity contribution < 1.29 is 23.5 Å². The first-order valence-corrected chi connectivity index (χ1v) is 10.5. The molecule has 2 aliphatic carbocycles. The summed E-state index contributed by atoms with van der Waals surface area (Å²) in [6.07, 6.45) is 0.0297. The van der Waals surface area contributed by atoms with Gasteiger partial charge in [0.05, 0.1) is 4.88 Å². The Labute approximate surface area is 168 Å². The molecular formula is C20H28F2N2O3S. The van der Waals surface area contributed by atoms with Gasteiger partial charge in [0.15, 0.2) is 0 Å². The van der Waals surface area contributed by atoms with E-state index < -0.39 is 17.6 Å². The first-order valence-electron chi connectivity index (χ1n) is 9.70. The molecule has 1 aromatic heterocycles. The van der Waals surface area contributed by atoms with E-state index in [1.807, 2.05) is 33.8 Å². The number of carbonyl (C=O) groups excluding carboxylic acids is 1. The fraction of sp³-hybridized carbons (Fsp3) is 0.700. The van der Waals surface area contributed by atoms with Crippen molar-refractivity contribution in [3.05, 3.63) is 21.4 Å². The Bertz CT molecular complexity index is 762. The molecule has 1 heterocycles. The molecule has 2 N–H and O–H groups in total. The molecule has 28 heavy (non-hydrogen) atoms. The van der Waals surface area contributed by atoms with E-state index in [0.717, 1.165) is 16.9 Å². The van der Waals surface area contributed by atoms with Gasteiger partial charge in [0, 0.05) is 41.3 Å². The highest BCUT2D eigenvalue weighted by atomic mass is 32.1. The lowest BCUT2D eigenvalue weighted by atomic mass is 9.92. The van der Waals surface area contributed by atoms with Crippen LogP contribution in [0.25, 0.3) is 0 Å². The van der Waals surface area contributed by atoms with Gasteiger partial charge in [0.1, 0.15) is 0 Å². The standard InChI is InChI=1S/C20H28F2N2O3S/c1-11-13(14-9-15(14)24(18(26)27)19(2,3)4)10-16(28-11)17(25)23-12-5-7-20(21,22)8-6-12/h10,12,14-15H,5-9H2,1-4H3,(H,23,25)(H,26,27)/t14-,15+/m0/s1. The largest absolute Gasteiger partial charge is 0.465 e. The summed E-state index contributed by atoms with van der Waals surface area (Å²) in [7, 11) is 0. The summed E-state index contributed by atoms with van der Waals surface area (Å²) in [5.74, 6) is -2.74. The number of halogens is 2. The van der Waals surface area contributed by atoms with Gasteiger partial charge in [-0.05, 0) is 58.6 Å². The minimum Gasteiger partial charge on any atom is -0.465 e. The van der Waals surface area contributed by atoms with Gasteiger partial charge >= 0.3 is 6.09 Å². The van der Waals surface area contributed by atoms with Gasteiger partial charge in [-0.25, -0.2) is 13.6 Å². The summed E-state index contributed by atoms with van der Waals surface area (Å²) in [6, 6.07) is 1.55. The van der Waals surface area contributed by atoms with Crippen molar-refractivity contribution in [1.29, 1.82) is 0 Å². The maximum absolute atomic E-state index is 13.3. The second-order valence-electron chi connectivity index (χ2n) is 8.96. The number of carboxylic acid groups (broad SMARTS) is 1. The summed E-state index contributed by atoms with van der Waals surface area (Å²) in [5, 5.41) is 12.5. The van der Waals surface area contributed by atoms with E-state index in [1.54, 1.807) is 0 Å². The van der Waals surface area contributed by atoms with E-state index in [1.165, 1.54) is 16.2 Å². The molecule has 0 spiro atoms. The fourth-order valence-electron chi connectivity index (χ4n) is 4.14. The predicted molar refractivity (Wildman–Crippen MR) is 104 cm³/mol. The van der Waals surface area contributed by atoms with Gasteiger partial charge in [-0.15, -0.1) is 11.3 Å². The van der Waals surface area contributed by atoms with Crippen molar-refractivity contribution in [3.63, 3.8) is 0 Å². The molecular weight excluding hydrogens is 386 g/mol. The number of nitrogens with zero attached hydrogens (tertiary/aromatic N) is 1. The van der Waals surface area contributed by atoms with Crippen molar-refractivity contribution in [2.75, 3.05) is 0 Å². The van der Waals surface area contributed by atoms with E-state index in [2.05, 4.69) is 5.32 Å². The molecule has 2 amide bonds. The maximum Gasteiger partial charge on any atom is 0.408 e. The molecule has 0 radical (unpaired) electrons. The van der Waals surface area contributed by atoms with Gasteiger partial charge in [0.2, 0.25) is 5.92 Å². The third-order valence-electron chi connectivity index (χ3n) is 5.65. The molecule has 2 aliphatic rings. The highest BCUT2D eigenvalue weighted by molar-refractivity contribution is 7.14. The number of alkyl halides is 2. The first kappa shape index (κ1) is 21.0. The minimum absolute atomic E-state index is 0.0812. The van der Waals surface area contributed by atoms with Crippen molar-refractivity contribution >= 4 is 23.3 Å². The normalized spacial score (nSPS) is 24.6. The van der Waals surface area contributed by atoms with Gasteiger partial charge < -0.3 is 10.4 Å². The molecule has 5 nitrogen and oxygen atoms in total. The van der Waals surface area contributed by atoms with E-state index >= 15 is 0 Å². The Kier molecular flexibility index (Phi) is 5.47. The average Bonchev–Trinajstić information content (AvgIpc) is 3.20. The second kappa shape index (κ2) is 7.28. The van der Waals surface area contributed by atoms with Crippen LogP contribution in [0.2, 0.25) is 0 Å². The number of nitrogens with one attached hydrogen (secondary N) is 1. The Morgan fingerprint density at radius 1 is 1.29 bits per heavy atom. The van der Waals surface area contributed by atoms with Crippen LogP contribution >= 0.6 is 11.3 Å². The van der Waals surface area contributed by atoms with Crippen LogP contribution in [0.5, 0.6) is 0 Å². The molecule has 2 atom stereocenters. The Morgan fingerprint density at radius 3 is 2.43 bits per heavy atom. The lowest BCUT2D eigenvalue weighted by molar-refractivity contribution is -0.0399. The van der Waals surface area contributed by atoms with Crippen molar-refractivity contribution in [1.82, 2.24) is 10.2 Å². The summed E-state index contributed by atoms with van der Waals surface area (Å²) in [5.41, 5.74) is 0.532. The number of hydrogen-bond donors (Lipinski definition) is 2. The van der Waals surface area contributed by atoms with Crippen LogP contribution in [0, 0.1) is 6.92 Å². The zero-order chi connectivity index (χ0) is 20.9. The molecule has 0 unspecified atom stereocenters. The van der Waals surface area contributed by atoms with Crippen LogP contribution in [0.4, 0.5) is 13.6 Å². The molecule has 0 aliphatic heterocycles. The summed E-state index contributed by atoms with van der Waals surface area (Å²) in [4.78, 5) is 27.3. The van der Waals surface area contributed by atoms with Gasteiger partial charge in [-0.2, -0.15) is 0 Å². The summed E-state index contributed by atoms with van der Waals surface area (Å²) >= 11 is 1.38. The van der Waals surface area contributed by atoms with Crippen LogP contribution in [0.15, 0.2) is 6.07 Å². The Morgan fingerprint density at radius 2 is 1.89 bits per heavy atom. The Balaban J connectivity index is 1.66. The van der Waals surface area contributed by atoms with Crippen LogP contribution in [0.3, 0.4) is 0 Å². The summed E-state index contributed by atoms with van der Waals surface area (Å²) in [6.45, 7) is 7.58. The van der Waals surface area contributed by atoms with Crippen LogP contribution < -0.4 is 5.32 Å². The minimum atomic E-state index is -2.61. The van der Waals surface area contributed by atoms with Gasteiger partial charge in [-0.3, -0.25) is 9.69 Å². The lowest BCUT2D eigenvalue weighted by Gasteiger charge is -2.33. The SMILES string of the molecule is Cc1sc(C(=O)NC2CCC(F)(F)CC2)cc1[C@@H]1C[C@H]1N(C(=O)O)C(C)(C)C.